The van der Waals surface area contributed by atoms with Crippen LogP contribution in [-0.2, 0) is 0 Å². The first kappa shape index (κ1) is 13.3. The molecule has 1 aliphatic carbocycles. The molecule has 0 aliphatic heterocycles. The molecule has 1 aliphatic rings. The van der Waals surface area contributed by atoms with Gasteiger partial charge in [0.15, 0.2) is 5.84 Å². The molecule has 6 nitrogen and oxygen atoms in total. The van der Waals surface area contributed by atoms with Crippen LogP contribution in [-0.4, -0.2) is 28.5 Å². The smallest absolute Gasteiger partial charge is 0.269 e. The maximum Gasteiger partial charge on any atom is 0.269 e. The summed E-state index contributed by atoms with van der Waals surface area (Å²) in [5.41, 5.74) is 6.24. The van der Waals surface area contributed by atoms with E-state index >= 15 is 0 Å². The van der Waals surface area contributed by atoms with Crippen molar-refractivity contribution >= 4 is 11.7 Å². The van der Waals surface area contributed by atoms with E-state index in [4.69, 9.17) is 10.9 Å². The highest BCUT2D eigenvalue weighted by atomic mass is 16.4. The molecule has 0 saturated heterocycles. The summed E-state index contributed by atoms with van der Waals surface area (Å²) in [5.74, 6) is 0.392. The van der Waals surface area contributed by atoms with E-state index in [-0.39, 0.29) is 11.7 Å². The van der Waals surface area contributed by atoms with Gasteiger partial charge in [-0.15, -0.1) is 0 Å². The molecule has 2 rings (SSSR count). The molecular weight excluding hydrogens is 244 g/mol. The Hall–Kier alpha value is -2.11. The monoisotopic (exact) mass is 262 g/mol. The molecule has 19 heavy (non-hydrogen) atoms. The average molecular weight is 262 g/mol. The van der Waals surface area contributed by atoms with Crippen LogP contribution in [0.2, 0.25) is 0 Å². The third-order valence-electron chi connectivity index (χ3n) is 3.43. The van der Waals surface area contributed by atoms with Gasteiger partial charge in [-0.05, 0) is 30.9 Å². The van der Waals surface area contributed by atoms with Crippen LogP contribution < -0.4 is 11.1 Å². The average Bonchev–Trinajstić information content (AvgIpc) is 2.97. The maximum atomic E-state index is 11.9. The Morgan fingerprint density at radius 3 is 2.79 bits per heavy atom. The van der Waals surface area contributed by atoms with Crippen molar-refractivity contribution in [3.05, 3.63) is 29.6 Å². The molecule has 0 atom stereocenters. The molecule has 1 aromatic rings. The number of aromatic nitrogens is 1. The summed E-state index contributed by atoms with van der Waals surface area (Å²) in [4.78, 5) is 15.9. The van der Waals surface area contributed by atoms with Gasteiger partial charge in [0.05, 0.1) is 0 Å². The van der Waals surface area contributed by atoms with Gasteiger partial charge >= 0.3 is 0 Å². The largest absolute Gasteiger partial charge is 0.409 e. The molecule has 4 N–H and O–H groups in total. The zero-order chi connectivity index (χ0) is 13.7. The Morgan fingerprint density at radius 2 is 2.21 bits per heavy atom. The number of nitrogens with one attached hydrogen (secondary N) is 1. The fourth-order valence-electron chi connectivity index (χ4n) is 2.28. The first-order valence-corrected chi connectivity index (χ1v) is 6.43. The SMILES string of the molecule is NC(=NO)c1ccc(C(=O)NCC2CCCC2)nc1. The lowest BCUT2D eigenvalue weighted by Crippen LogP contribution is -2.29. The molecule has 0 radical (unpaired) electrons. The molecule has 0 spiro atoms. The first-order valence-electron chi connectivity index (χ1n) is 6.43. The summed E-state index contributed by atoms with van der Waals surface area (Å²) in [6, 6.07) is 3.17. The standard InChI is InChI=1S/C13H18N4O2/c14-12(17-19)10-5-6-11(15-8-10)13(18)16-7-9-3-1-2-4-9/h5-6,8-9,19H,1-4,7H2,(H2,14,17)(H,16,18). The van der Waals surface area contributed by atoms with Crippen molar-refractivity contribution in [2.75, 3.05) is 6.54 Å². The number of amidine groups is 1. The molecule has 1 aromatic heterocycles. The Bertz CT molecular complexity index is 464. The summed E-state index contributed by atoms with van der Waals surface area (Å²) in [6.45, 7) is 0.711. The quantitative estimate of drug-likeness (QED) is 0.327. The third-order valence-corrected chi connectivity index (χ3v) is 3.43. The topological polar surface area (TPSA) is 101 Å². The van der Waals surface area contributed by atoms with Crippen LogP contribution in [0.4, 0.5) is 0 Å². The highest BCUT2D eigenvalue weighted by molar-refractivity contribution is 5.98. The Labute approximate surface area is 111 Å². The van der Waals surface area contributed by atoms with Crippen molar-refractivity contribution < 1.29 is 10.0 Å². The van der Waals surface area contributed by atoms with E-state index < -0.39 is 0 Å². The second-order valence-electron chi connectivity index (χ2n) is 4.78. The van der Waals surface area contributed by atoms with Gasteiger partial charge in [0, 0.05) is 18.3 Å². The van der Waals surface area contributed by atoms with E-state index in [0.29, 0.717) is 23.7 Å². The normalized spacial score (nSPS) is 16.5. The number of nitrogens with zero attached hydrogens (tertiary/aromatic N) is 2. The van der Waals surface area contributed by atoms with E-state index in [1.54, 1.807) is 12.1 Å². The molecule has 102 valence electrons. The maximum absolute atomic E-state index is 11.9. The Morgan fingerprint density at radius 1 is 1.47 bits per heavy atom. The molecule has 6 heteroatoms. The molecular formula is C13H18N4O2. The van der Waals surface area contributed by atoms with Crippen molar-refractivity contribution in [3.63, 3.8) is 0 Å². The summed E-state index contributed by atoms with van der Waals surface area (Å²) in [6.07, 6.45) is 6.31. The van der Waals surface area contributed by atoms with Crippen LogP contribution >= 0.6 is 0 Å². The number of hydrogen-bond donors (Lipinski definition) is 3. The van der Waals surface area contributed by atoms with E-state index in [0.717, 1.165) is 0 Å². The number of amides is 1. The Balaban J connectivity index is 1.91. The summed E-state index contributed by atoms with van der Waals surface area (Å²) in [5, 5.41) is 14.3. The number of hydrogen-bond acceptors (Lipinski definition) is 4. The van der Waals surface area contributed by atoms with E-state index in [1.807, 2.05) is 0 Å². The number of carbonyl (C=O) groups is 1. The third kappa shape index (κ3) is 3.43. The van der Waals surface area contributed by atoms with E-state index in [9.17, 15) is 4.79 Å². The van der Waals surface area contributed by atoms with Crippen LogP contribution in [0, 0.1) is 5.92 Å². The van der Waals surface area contributed by atoms with Crippen molar-refractivity contribution in [1.29, 1.82) is 0 Å². The van der Waals surface area contributed by atoms with Gasteiger partial charge in [-0.1, -0.05) is 18.0 Å². The van der Waals surface area contributed by atoms with Crippen LogP contribution in [0.25, 0.3) is 0 Å². The predicted octanol–water partition coefficient (Wildman–Crippen LogP) is 1.10. The minimum Gasteiger partial charge on any atom is -0.409 e. The minimum atomic E-state index is -0.182. The Kier molecular flexibility index (Phi) is 4.33. The second-order valence-corrected chi connectivity index (χ2v) is 4.78. The van der Waals surface area contributed by atoms with E-state index in [2.05, 4.69) is 15.5 Å². The highest BCUT2D eigenvalue weighted by Crippen LogP contribution is 2.23. The first-order chi connectivity index (χ1) is 9.20. The number of oxime groups is 1. The van der Waals surface area contributed by atoms with Gasteiger partial charge < -0.3 is 16.3 Å². The van der Waals surface area contributed by atoms with Gasteiger partial charge in [-0.3, -0.25) is 9.78 Å². The lowest BCUT2D eigenvalue weighted by atomic mass is 10.1. The lowest BCUT2D eigenvalue weighted by Gasteiger charge is -2.10. The molecule has 0 aromatic carbocycles. The zero-order valence-corrected chi connectivity index (χ0v) is 10.7. The van der Waals surface area contributed by atoms with Crippen molar-refractivity contribution in [1.82, 2.24) is 10.3 Å². The number of carbonyl (C=O) groups excluding carboxylic acids is 1. The number of pyridine rings is 1. The molecule has 1 amide bonds. The number of rotatable bonds is 4. The molecule has 1 fully saturated rings. The molecule has 1 heterocycles. The van der Waals surface area contributed by atoms with Crippen molar-refractivity contribution in [2.45, 2.75) is 25.7 Å². The summed E-state index contributed by atoms with van der Waals surface area (Å²) >= 11 is 0. The van der Waals surface area contributed by atoms with Gasteiger partial charge in [0.25, 0.3) is 5.91 Å². The van der Waals surface area contributed by atoms with Gasteiger partial charge in [-0.25, -0.2) is 0 Å². The van der Waals surface area contributed by atoms with Crippen molar-refractivity contribution in [2.24, 2.45) is 16.8 Å². The molecule has 0 unspecified atom stereocenters. The summed E-state index contributed by atoms with van der Waals surface area (Å²) in [7, 11) is 0. The summed E-state index contributed by atoms with van der Waals surface area (Å²) < 4.78 is 0. The van der Waals surface area contributed by atoms with Crippen LogP contribution in [0.3, 0.4) is 0 Å². The van der Waals surface area contributed by atoms with Gasteiger partial charge in [0.2, 0.25) is 0 Å². The highest BCUT2D eigenvalue weighted by Gasteiger charge is 2.16. The fourth-order valence-corrected chi connectivity index (χ4v) is 2.28. The van der Waals surface area contributed by atoms with E-state index in [1.165, 1.54) is 31.9 Å². The zero-order valence-electron chi connectivity index (χ0n) is 10.7. The van der Waals surface area contributed by atoms with Gasteiger partial charge in [-0.2, -0.15) is 0 Å². The van der Waals surface area contributed by atoms with Crippen LogP contribution in [0.1, 0.15) is 41.7 Å². The molecule has 0 bridgehead atoms. The second kappa shape index (κ2) is 6.17. The van der Waals surface area contributed by atoms with Crippen molar-refractivity contribution in [3.8, 4) is 0 Å². The van der Waals surface area contributed by atoms with Crippen LogP contribution in [0.5, 0.6) is 0 Å². The number of nitrogens with two attached hydrogens (primary N) is 1. The molecule has 1 saturated carbocycles. The fraction of sp³-hybridized carbons (Fsp3) is 0.462. The van der Waals surface area contributed by atoms with Gasteiger partial charge in [0.1, 0.15) is 5.69 Å². The minimum absolute atomic E-state index is 0.0228. The predicted molar refractivity (Wildman–Crippen MR) is 71.0 cm³/mol. The lowest BCUT2D eigenvalue weighted by molar-refractivity contribution is 0.0942. The van der Waals surface area contributed by atoms with Crippen LogP contribution in [0.15, 0.2) is 23.5 Å².